The van der Waals surface area contributed by atoms with Gasteiger partial charge < -0.3 is 5.32 Å². The Bertz CT molecular complexity index is 936. The largest absolute Gasteiger partial charge is 0.349 e. The lowest BCUT2D eigenvalue weighted by atomic mass is 9.96. The summed E-state index contributed by atoms with van der Waals surface area (Å²) in [6.45, 7) is 4.53. The molecule has 0 bridgehead atoms. The van der Waals surface area contributed by atoms with Crippen LogP contribution in [0.15, 0.2) is 53.4 Å². The maximum atomic E-state index is 12.8. The molecule has 5 nitrogen and oxygen atoms in total. The quantitative estimate of drug-likeness (QED) is 0.796. The molecular weight excluding hydrogens is 396 g/mol. The fraction of sp³-hybridized carbons (Fsp3) is 0.381. The van der Waals surface area contributed by atoms with Crippen LogP contribution < -0.4 is 5.32 Å². The van der Waals surface area contributed by atoms with Crippen molar-refractivity contribution in [3.8, 4) is 0 Å². The molecule has 1 unspecified atom stereocenters. The third-order valence-electron chi connectivity index (χ3n) is 5.19. The first-order chi connectivity index (χ1) is 13.3. The predicted octanol–water partition coefficient (Wildman–Crippen LogP) is 3.93. The standard InChI is InChI=1S/C21H25ClN2O3S/c1-15-6-8-20(9-7-15)28(26,27)24-12-10-17(11-13-24)21(25)23-16(2)18-4-3-5-19(22)14-18/h3-9,14,16-17H,10-13H2,1-2H3,(H,23,25). The van der Waals surface area contributed by atoms with Crippen LogP contribution in [0, 0.1) is 12.8 Å². The number of carbonyl (C=O) groups excluding carboxylic acids is 1. The van der Waals surface area contributed by atoms with Crippen molar-refractivity contribution in [2.75, 3.05) is 13.1 Å². The van der Waals surface area contributed by atoms with Crippen LogP contribution >= 0.6 is 11.6 Å². The maximum absolute atomic E-state index is 12.8. The summed E-state index contributed by atoms with van der Waals surface area (Å²) >= 11 is 6.02. The van der Waals surface area contributed by atoms with E-state index >= 15 is 0 Å². The number of sulfonamides is 1. The molecule has 2 aromatic carbocycles. The van der Waals surface area contributed by atoms with Gasteiger partial charge in [-0.2, -0.15) is 4.31 Å². The van der Waals surface area contributed by atoms with E-state index in [1.54, 1.807) is 30.3 Å². The highest BCUT2D eigenvalue weighted by Crippen LogP contribution is 2.25. The van der Waals surface area contributed by atoms with Gasteiger partial charge in [-0.05, 0) is 56.5 Å². The summed E-state index contributed by atoms with van der Waals surface area (Å²) in [6.07, 6.45) is 1.03. The number of hydrogen-bond donors (Lipinski definition) is 1. The SMILES string of the molecule is Cc1ccc(S(=O)(=O)N2CCC(C(=O)NC(C)c3cccc(Cl)c3)CC2)cc1. The van der Waals surface area contributed by atoms with Gasteiger partial charge >= 0.3 is 0 Å². The Labute approximate surface area is 171 Å². The summed E-state index contributed by atoms with van der Waals surface area (Å²) in [7, 11) is -3.51. The molecule has 0 saturated carbocycles. The number of rotatable bonds is 5. The number of piperidine rings is 1. The van der Waals surface area contributed by atoms with E-state index in [1.165, 1.54) is 4.31 Å². The number of nitrogens with one attached hydrogen (secondary N) is 1. The topological polar surface area (TPSA) is 66.5 Å². The Hall–Kier alpha value is -1.89. The van der Waals surface area contributed by atoms with Crippen LogP contribution in [0.2, 0.25) is 5.02 Å². The van der Waals surface area contributed by atoms with E-state index in [4.69, 9.17) is 11.6 Å². The van der Waals surface area contributed by atoms with Crippen LogP contribution in [-0.2, 0) is 14.8 Å². The molecule has 1 aliphatic heterocycles. The number of carbonyl (C=O) groups is 1. The number of hydrogen-bond acceptors (Lipinski definition) is 3. The van der Waals surface area contributed by atoms with Crippen LogP contribution in [0.5, 0.6) is 0 Å². The summed E-state index contributed by atoms with van der Waals surface area (Å²) in [5.41, 5.74) is 1.96. The summed E-state index contributed by atoms with van der Waals surface area (Å²) in [5.74, 6) is -0.231. The first-order valence-electron chi connectivity index (χ1n) is 9.40. The molecule has 0 aliphatic carbocycles. The van der Waals surface area contributed by atoms with Crippen molar-refractivity contribution < 1.29 is 13.2 Å². The minimum absolute atomic E-state index is 0.0418. The molecular formula is C21H25ClN2O3S. The molecule has 1 fully saturated rings. The second-order valence-electron chi connectivity index (χ2n) is 7.28. The highest BCUT2D eigenvalue weighted by molar-refractivity contribution is 7.89. The van der Waals surface area contributed by atoms with Crippen LogP contribution in [0.25, 0.3) is 0 Å². The average Bonchev–Trinajstić information content (AvgIpc) is 2.68. The molecule has 1 saturated heterocycles. The molecule has 0 spiro atoms. The van der Waals surface area contributed by atoms with Crippen molar-refractivity contribution in [2.24, 2.45) is 5.92 Å². The van der Waals surface area contributed by atoms with Gasteiger partial charge in [0.05, 0.1) is 10.9 Å². The van der Waals surface area contributed by atoms with Crippen molar-refractivity contribution in [3.63, 3.8) is 0 Å². The molecule has 1 aliphatic rings. The second kappa shape index (κ2) is 8.64. The average molecular weight is 421 g/mol. The molecule has 1 heterocycles. The van der Waals surface area contributed by atoms with Gasteiger partial charge in [-0.25, -0.2) is 8.42 Å². The monoisotopic (exact) mass is 420 g/mol. The zero-order chi connectivity index (χ0) is 20.3. The molecule has 150 valence electrons. The van der Waals surface area contributed by atoms with Gasteiger partial charge in [-0.3, -0.25) is 4.79 Å². The molecule has 1 amide bonds. The Kier molecular flexibility index (Phi) is 6.43. The second-order valence-corrected chi connectivity index (χ2v) is 9.65. The van der Waals surface area contributed by atoms with Crippen molar-refractivity contribution in [1.29, 1.82) is 0 Å². The summed E-state index contributed by atoms with van der Waals surface area (Å²) in [6, 6.07) is 14.1. The van der Waals surface area contributed by atoms with Crippen LogP contribution in [0.3, 0.4) is 0 Å². The highest BCUT2D eigenvalue weighted by Gasteiger charge is 2.32. The van der Waals surface area contributed by atoms with Crippen LogP contribution in [0.1, 0.15) is 36.9 Å². The number of halogens is 1. The smallest absolute Gasteiger partial charge is 0.243 e. The molecule has 7 heteroatoms. The third kappa shape index (κ3) is 4.74. The van der Waals surface area contributed by atoms with Gasteiger partial charge in [0, 0.05) is 24.0 Å². The normalized spacial score (nSPS) is 17.2. The zero-order valence-corrected chi connectivity index (χ0v) is 17.6. The minimum atomic E-state index is -3.51. The van der Waals surface area contributed by atoms with Crippen molar-refractivity contribution in [1.82, 2.24) is 9.62 Å². The Morgan fingerprint density at radius 3 is 2.39 bits per heavy atom. The van der Waals surface area contributed by atoms with Gasteiger partial charge in [-0.1, -0.05) is 41.4 Å². The van der Waals surface area contributed by atoms with Crippen LogP contribution in [-0.4, -0.2) is 31.7 Å². The summed E-state index contributed by atoms with van der Waals surface area (Å²) in [4.78, 5) is 12.9. The first-order valence-corrected chi connectivity index (χ1v) is 11.2. The maximum Gasteiger partial charge on any atom is 0.243 e. The summed E-state index contributed by atoms with van der Waals surface area (Å²) in [5, 5.41) is 3.65. The van der Waals surface area contributed by atoms with E-state index in [0.717, 1.165) is 11.1 Å². The van der Waals surface area contributed by atoms with E-state index in [1.807, 2.05) is 32.0 Å². The van der Waals surface area contributed by atoms with E-state index in [-0.39, 0.29) is 17.9 Å². The Balaban J connectivity index is 1.58. The molecule has 0 radical (unpaired) electrons. The number of benzene rings is 2. The molecule has 28 heavy (non-hydrogen) atoms. The van der Waals surface area contributed by atoms with Gasteiger partial charge in [0.25, 0.3) is 0 Å². The van der Waals surface area contributed by atoms with E-state index in [0.29, 0.717) is 35.8 Å². The molecule has 1 atom stereocenters. The number of amides is 1. The fourth-order valence-electron chi connectivity index (χ4n) is 3.41. The Morgan fingerprint density at radius 1 is 1.14 bits per heavy atom. The lowest BCUT2D eigenvalue weighted by Gasteiger charge is -2.31. The van der Waals surface area contributed by atoms with E-state index < -0.39 is 10.0 Å². The predicted molar refractivity (Wildman–Crippen MR) is 111 cm³/mol. The molecule has 0 aromatic heterocycles. The van der Waals surface area contributed by atoms with E-state index in [9.17, 15) is 13.2 Å². The molecule has 2 aromatic rings. The summed E-state index contributed by atoms with van der Waals surface area (Å²) < 4.78 is 27.0. The van der Waals surface area contributed by atoms with E-state index in [2.05, 4.69) is 5.32 Å². The zero-order valence-electron chi connectivity index (χ0n) is 16.1. The van der Waals surface area contributed by atoms with Gasteiger partial charge in [0.1, 0.15) is 0 Å². The van der Waals surface area contributed by atoms with Crippen LogP contribution in [0.4, 0.5) is 0 Å². The third-order valence-corrected chi connectivity index (χ3v) is 7.34. The van der Waals surface area contributed by atoms with Crippen molar-refractivity contribution >= 4 is 27.5 Å². The number of aryl methyl sites for hydroxylation is 1. The fourth-order valence-corrected chi connectivity index (χ4v) is 5.08. The Morgan fingerprint density at radius 2 is 1.79 bits per heavy atom. The van der Waals surface area contributed by atoms with Crippen molar-refractivity contribution in [2.45, 2.75) is 37.6 Å². The van der Waals surface area contributed by atoms with Gasteiger partial charge in [-0.15, -0.1) is 0 Å². The molecule has 3 rings (SSSR count). The highest BCUT2D eigenvalue weighted by atomic mass is 35.5. The van der Waals surface area contributed by atoms with Gasteiger partial charge in [0.2, 0.25) is 15.9 Å². The lowest BCUT2D eigenvalue weighted by Crippen LogP contribution is -2.43. The number of nitrogens with zero attached hydrogens (tertiary/aromatic N) is 1. The van der Waals surface area contributed by atoms with Gasteiger partial charge in [0.15, 0.2) is 0 Å². The van der Waals surface area contributed by atoms with Crippen molar-refractivity contribution in [3.05, 3.63) is 64.7 Å². The minimum Gasteiger partial charge on any atom is -0.349 e. The first kappa shape index (κ1) is 20.8. The molecule has 1 N–H and O–H groups in total. The lowest BCUT2D eigenvalue weighted by molar-refractivity contribution is -0.126.